The molecule has 3 rings (SSSR count). The van der Waals surface area contributed by atoms with E-state index in [1.54, 1.807) is 18.3 Å². The lowest BCUT2D eigenvalue weighted by atomic mass is 9.91. The van der Waals surface area contributed by atoms with Gasteiger partial charge in [0.25, 0.3) is 5.91 Å². The normalized spacial score (nSPS) is 18.6. The lowest BCUT2D eigenvalue weighted by Crippen LogP contribution is -2.43. The zero-order valence-electron chi connectivity index (χ0n) is 18.0. The summed E-state index contributed by atoms with van der Waals surface area (Å²) >= 11 is 0. The number of halogens is 1. The van der Waals surface area contributed by atoms with E-state index in [0.29, 0.717) is 24.1 Å². The first-order valence-corrected chi connectivity index (χ1v) is 10.7. The quantitative estimate of drug-likeness (QED) is 0.479. The summed E-state index contributed by atoms with van der Waals surface area (Å²) in [5.74, 6) is -0.273. The number of nitrogens with one attached hydrogen (secondary N) is 2. The van der Waals surface area contributed by atoms with Gasteiger partial charge in [-0.3, -0.25) is 4.79 Å². The molecule has 9 heteroatoms. The molecule has 0 aliphatic heterocycles. The zero-order chi connectivity index (χ0) is 22.4. The van der Waals surface area contributed by atoms with Gasteiger partial charge >= 0.3 is 0 Å². The Kier molecular flexibility index (Phi) is 7.62. The zero-order valence-corrected chi connectivity index (χ0v) is 18.0. The van der Waals surface area contributed by atoms with Crippen LogP contribution >= 0.6 is 0 Å². The van der Waals surface area contributed by atoms with Gasteiger partial charge in [-0.05, 0) is 37.3 Å². The largest absolute Gasteiger partial charge is 0.478 e. The van der Waals surface area contributed by atoms with Crippen LogP contribution in [-0.2, 0) is 0 Å². The molecule has 8 nitrogen and oxygen atoms in total. The maximum Gasteiger partial charge on any atom is 0.252 e. The average molecular weight is 431 g/mol. The molecule has 2 atom stereocenters. The Morgan fingerprint density at radius 2 is 2.06 bits per heavy atom. The highest BCUT2D eigenvalue weighted by atomic mass is 19.1. The Bertz CT molecular complexity index is 908. The summed E-state index contributed by atoms with van der Waals surface area (Å²) in [5, 5.41) is 6.14. The second kappa shape index (κ2) is 10.4. The van der Waals surface area contributed by atoms with Gasteiger partial charge in [0.15, 0.2) is 11.6 Å². The number of hydrogen-bond acceptors (Lipinski definition) is 7. The smallest absolute Gasteiger partial charge is 0.252 e. The molecule has 0 bridgehead atoms. The number of carbonyl (C=O) groups excluding carboxylic acids is 1. The molecule has 0 saturated heterocycles. The number of aromatic nitrogens is 2. The molecule has 2 heterocycles. The van der Waals surface area contributed by atoms with Crippen molar-refractivity contribution in [2.45, 2.75) is 58.0 Å². The molecule has 1 amide bonds. The van der Waals surface area contributed by atoms with Crippen LogP contribution in [0.4, 0.5) is 21.7 Å². The highest BCUT2D eigenvalue weighted by Gasteiger charge is 2.24. The van der Waals surface area contributed by atoms with Crippen LogP contribution in [0.2, 0.25) is 0 Å². The van der Waals surface area contributed by atoms with Crippen molar-refractivity contribution < 1.29 is 13.9 Å². The third-order valence-electron chi connectivity index (χ3n) is 5.33. The lowest BCUT2D eigenvalue weighted by Gasteiger charge is -2.30. The van der Waals surface area contributed by atoms with Crippen LogP contribution in [0.5, 0.6) is 5.88 Å². The number of anilines is 3. The second-order valence-electron chi connectivity index (χ2n) is 8.32. The minimum Gasteiger partial charge on any atom is -0.478 e. The van der Waals surface area contributed by atoms with Crippen molar-refractivity contribution in [1.29, 1.82) is 0 Å². The molecule has 168 valence electrons. The lowest BCUT2D eigenvalue weighted by molar-refractivity contribution is 0.100. The van der Waals surface area contributed by atoms with E-state index in [0.717, 1.165) is 38.2 Å². The summed E-state index contributed by atoms with van der Waals surface area (Å²) in [6.07, 6.45) is 6.29. The number of pyridine rings is 2. The summed E-state index contributed by atoms with van der Waals surface area (Å²) in [5.41, 5.74) is 12.2. The van der Waals surface area contributed by atoms with Gasteiger partial charge in [0.05, 0.1) is 12.2 Å². The highest BCUT2D eigenvalue weighted by molar-refractivity contribution is 5.98. The molecular weight excluding hydrogens is 399 g/mol. The van der Waals surface area contributed by atoms with Crippen LogP contribution in [-0.4, -0.2) is 34.6 Å². The van der Waals surface area contributed by atoms with E-state index in [9.17, 15) is 9.18 Å². The predicted molar refractivity (Wildman–Crippen MR) is 119 cm³/mol. The third kappa shape index (κ3) is 6.27. The van der Waals surface area contributed by atoms with Gasteiger partial charge < -0.3 is 26.8 Å². The minimum absolute atomic E-state index is 0.0392. The van der Waals surface area contributed by atoms with Crippen molar-refractivity contribution in [2.75, 3.05) is 17.2 Å². The molecule has 31 heavy (non-hydrogen) atoms. The number of primary amides is 1. The van der Waals surface area contributed by atoms with Crippen LogP contribution < -0.4 is 26.8 Å². The predicted octanol–water partition coefficient (Wildman–Crippen LogP) is 3.56. The number of nitrogens with two attached hydrogens (primary N) is 2. The first-order chi connectivity index (χ1) is 14.8. The summed E-state index contributed by atoms with van der Waals surface area (Å²) in [6.45, 7) is 4.78. The van der Waals surface area contributed by atoms with Crippen LogP contribution in [0.25, 0.3) is 0 Å². The molecular formula is C22H31FN6O2. The van der Waals surface area contributed by atoms with E-state index in [2.05, 4.69) is 34.4 Å². The fourth-order valence-corrected chi connectivity index (χ4v) is 3.49. The van der Waals surface area contributed by atoms with E-state index in [-0.39, 0.29) is 29.3 Å². The van der Waals surface area contributed by atoms with E-state index in [4.69, 9.17) is 16.2 Å². The van der Waals surface area contributed by atoms with Crippen molar-refractivity contribution in [1.82, 2.24) is 9.97 Å². The molecule has 1 fully saturated rings. The van der Waals surface area contributed by atoms with Crippen LogP contribution in [0, 0.1) is 11.7 Å². The highest BCUT2D eigenvalue weighted by Crippen LogP contribution is 2.27. The SMILES string of the molecule is CC(C)CCOc1cc(Nc2nc(NC3CCCC[C@@H]3N)c(F)cc2C(N)=O)ccn1. The van der Waals surface area contributed by atoms with Crippen molar-refractivity contribution in [2.24, 2.45) is 17.4 Å². The minimum atomic E-state index is -0.780. The van der Waals surface area contributed by atoms with Gasteiger partial charge in [-0.15, -0.1) is 0 Å². The fraction of sp³-hybridized carbons (Fsp3) is 0.500. The van der Waals surface area contributed by atoms with E-state index in [1.165, 1.54) is 0 Å². The van der Waals surface area contributed by atoms with Gasteiger partial charge in [-0.25, -0.2) is 14.4 Å². The molecule has 0 spiro atoms. The molecule has 1 saturated carbocycles. The average Bonchev–Trinajstić information content (AvgIpc) is 2.71. The first kappa shape index (κ1) is 22.7. The summed E-state index contributed by atoms with van der Waals surface area (Å²) in [7, 11) is 0. The Labute approximate surface area is 182 Å². The van der Waals surface area contributed by atoms with Crippen molar-refractivity contribution in [3.63, 3.8) is 0 Å². The van der Waals surface area contributed by atoms with Gasteiger partial charge in [0.1, 0.15) is 5.82 Å². The molecule has 0 radical (unpaired) electrons. The standard InChI is InChI=1S/C22H31FN6O2/c1-13(2)8-10-31-19-11-14(7-9-26-19)27-21-15(20(25)30)12-16(23)22(29-21)28-18-6-4-3-5-17(18)24/h7,9,11-13,17-18H,3-6,8,10,24H2,1-2H3,(H2,25,30)(H2,26,27,28,29)/t17-,18?/m0/s1. The summed E-state index contributed by atoms with van der Waals surface area (Å²) in [4.78, 5) is 20.4. The van der Waals surface area contributed by atoms with Gasteiger partial charge in [-0.2, -0.15) is 0 Å². The number of ether oxygens (including phenoxy) is 1. The number of nitrogens with zero attached hydrogens (tertiary/aromatic N) is 2. The fourth-order valence-electron chi connectivity index (χ4n) is 3.49. The molecule has 1 aliphatic carbocycles. The maximum atomic E-state index is 14.6. The Morgan fingerprint density at radius 1 is 1.29 bits per heavy atom. The summed E-state index contributed by atoms with van der Waals surface area (Å²) < 4.78 is 20.3. The monoisotopic (exact) mass is 430 g/mol. The molecule has 1 aliphatic rings. The van der Waals surface area contributed by atoms with Gasteiger partial charge in [0.2, 0.25) is 5.88 Å². The molecule has 2 aromatic heterocycles. The van der Waals surface area contributed by atoms with Crippen LogP contribution in [0.1, 0.15) is 56.3 Å². The Hall–Kier alpha value is -2.94. The van der Waals surface area contributed by atoms with Gasteiger partial charge in [0, 0.05) is 30.0 Å². The number of hydrogen-bond donors (Lipinski definition) is 4. The maximum absolute atomic E-state index is 14.6. The van der Waals surface area contributed by atoms with E-state index < -0.39 is 11.7 Å². The second-order valence-corrected chi connectivity index (χ2v) is 8.32. The van der Waals surface area contributed by atoms with E-state index in [1.807, 2.05) is 0 Å². The molecule has 2 aromatic rings. The Balaban J connectivity index is 1.81. The van der Waals surface area contributed by atoms with Crippen molar-refractivity contribution >= 4 is 23.2 Å². The topological polar surface area (TPSA) is 128 Å². The molecule has 1 unspecified atom stereocenters. The van der Waals surface area contributed by atoms with E-state index >= 15 is 0 Å². The van der Waals surface area contributed by atoms with Crippen molar-refractivity contribution in [3.8, 4) is 5.88 Å². The van der Waals surface area contributed by atoms with Crippen LogP contribution in [0.15, 0.2) is 24.4 Å². The van der Waals surface area contributed by atoms with Gasteiger partial charge in [-0.1, -0.05) is 26.7 Å². The Morgan fingerprint density at radius 3 is 2.77 bits per heavy atom. The van der Waals surface area contributed by atoms with Crippen LogP contribution in [0.3, 0.4) is 0 Å². The first-order valence-electron chi connectivity index (χ1n) is 10.7. The third-order valence-corrected chi connectivity index (χ3v) is 5.33. The number of carbonyl (C=O) groups is 1. The number of amides is 1. The number of rotatable bonds is 9. The molecule has 0 aromatic carbocycles. The molecule has 6 N–H and O–H groups in total. The summed E-state index contributed by atoms with van der Waals surface area (Å²) in [6, 6.07) is 4.34. The van der Waals surface area contributed by atoms with Crippen molar-refractivity contribution in [3.05, 3.63) is 35.8 Å².